The molecule has 1 saturated heterocycles. The van der Waals surface area contributed by atoms with E-state index >= 15 is 0 Å². The fraction of sp³-hybridized carbons (Fsp3) is 0.750. The molecule has 0 bridgehead atoms. The van der Waals surface area contributed by atoms with Crippen molar-refractivity contribution in [3.63, 3.8) is 0 Å². The Labute approximate surface area is 91.9 Å². The Balaban J connectivity index is 2.20. The zero-order chi connectivity index (χ0) is 10.9. The molecule has 0 aliphatic carbocycles. The molecule has 1 fully saturated rings. The second kappa shape index (κ2) is 7.38. The summed E-state index contributed by atoms with van der Waals surface area (Å²) < 4.78 is 0. The van der Waals surface area contributed by atoms with Crippen LogP contribution < -0.4 is 0 Å². The van der Waals surface area contributed by atoms with Crippen molar-refractivity contribution in [2.75, 3.05) is 26.2 Å². The first-order valence-electron chi connectivity index (χ1n) is 5.77. The number of aliphatic imine (C=N–C) groups is 1. The van der Waals surface area contributed by atoms with Gasteiger partial charge in [0.05, 0.1) is 6.54 Å². The van der Waals surface area contributed by atoms with E-state index in [9.17, 15) is 4.79 Å². The summed E-state index contributed by atoms with van der Waals surface area (Å²) in [6, 6.07) is 0. The molecule has 84 valence electrons. The standard InChI is InChI=1S/C12H20N2O/c1-2-14-9-5-7-12(10-14)6-3-4-8-13-11-15/h3-4,12H,2,5-10H2,1H3/b4-3-. The Morgan fingerprint density at radius 3 is 3.13 bits per heavy atom. The van der Waals surface area contributed by atoms with Gasteiger partial charge in [0.1, 0.15) is 0 Å². The van der Waals surface area contributed by atoms with E-state index < -0.39 is 0 Å². The smallest absolute Gasteiger partial charge is 0.235 e. The number of rotatable bonds is 5. The number of carbonyl (C=O) groups excluding carboxylic acids is 1. The monoisotopic (exact) mass is 208 g/mol. The van der Waals surface area contributed by atoms with Crippen LogP contribution in [0.4, 0.5) is 0 Å². The van der Waals surface area contributed by atoms with Gasteiger partial charge in [-0.15, -0.1) is 0 Å². The largest absolute Gasteiger partial charge is 0.303 e. The predicted octanol–water partition coefficient (Wildman–Crippen LogP) is 2.00. The fourth-order valence-electron chi connectivity index (χ4n) is 2.08. The van der Waals surface area contributed by atoms with E-state index in [1.807, 2.05) is 6.08 Å². The van der Waals surface area contributed by atoms with Gasteiger partial charge in [-0.25, -0.2) is 9.79 Å². The lowest BCUT2D eigenvalue weighted by Gasteiger charge is -2.31. The van der Waals surface area contributed by atoms with Gasteiger partial charge in [-0.05, 0) is 38.3 Å². The molecule has 15 heavy (non-hydrogen) atoms. The molecule has 1 unspecified atom stereocenters. The van der Waals surface area contributed by atoms with Crippen molar-refractivity contribution in [1.82, 2.24) is 4.90 Å². The molecule has 0 amide bonds. The second-order valence-corrected chi connectivity index (χ2v) is 4.04. The van der Waals surface area contributed by atoms with Gasteiger partial charge >= 0.3 is 0 Å². The Morgan fingerprint density at radius 1 is 1.53 bits per heavy atom. The highest BCUT2D eigenvalue weighted by Gasteiger charge is 2.16. The molecule has 0 N–H and O–H groups in total. The SMILES string of the molecule is CCN1CCCC(C/C=C\CN=C=O)C1. The zero-order valence-corrected chi connectivity index (χ0v) is 9.48. The summed E-state index contributed by atoms with van der Waals surface area (Å²) >= 11 is 0. The van der Waals surface area contributed by atoms with E-state index in [0.717, 1.165) is 18.9 Å². The first-order chi connectivity index (χ1) is 7.36. The lowest BCUT2D eigenvalue weighted by Crippen LogP contribution is -2.34. The third-order valence-electron chi connectivity index (χ3n) is 2.95. The molecule has 3 nitrogen and oxygen atoms in total. The first kappa shape index (κ1) is 12.2. The molecule has 0 spiro atoms. The van der Waals surface area contributed by atoms with Crippen molar-refractivity contribution in [3.8, 4) is 0 Å². The van der Waals surface area contributed by atoms with Crippen molar-refractivity contribution >= 4 is 6.08 Å². The maximum absolute atomic E-state index is 9.82. The summed E-state index contributed by atoms with van der Waals surface area (Å²) in [5.74, 6) is 0.787. The number of nitrogens with zero attached hydrogens (tertiary/aromatic N) is 2. The topological polar surface area (TPSA) is 32.7 Å². The molecular weight excluding hydrogens is 188 g/mol. The molecule has 0 radical (unpaired) electrons. The molecule has 1 atom stereocenters. The van der Waals surface area contributed by atoms with Gasteiger partial charge < -0.3 is 4.90 Å². The Hall–Kier alpha value is -0.920. The molecule has 1 aliphatic rings. The quantitative estimate of drug-likeness (QED) is 0.393. The van der Waals surface area contributed by atoms with Gasteiger partial charge in [0, 0.05) is 6.54 Å². The second-order valence-electron chi connectivity index (χ2n) is 4.04. The van der Waals surface area contributed by atoms with Crippen molar-refractivity contribution in [1.29, 1.82) is 0 Å². The summed E-state index contributed by atoms with van der Waals surface area (Å²) in [4.78, 5) is 15.8. The third-order valence-corrected chi connectivity index (χ3v) is 2.95. The van der Waals surface area contributed by atoms with E-state index in [-0.39, 0.29) is 0 Å². The lowest BCUT2D eigenvalue weighted by atomic mass is 9.95. The molecule has 1 rings (SSSR count). The van der Waals surface area contributed by atoms with Crippen LogP contribution in [0, 0.1) is 5.92 Å². The van der Waals surface area contributed by atoms with Gasteiger partial charge in [0.25, 0.3) is 0 Å². The molecule has 3 heteroatoms. The minimum Gasteiger partial charge on any atom is -0.303 e. The van der Waals surface area contributed by atoms with E-state index in [4.69, 9.17) is 0 Å². The Morgan fingerprint density at radius 2 is 2.40 bits per heavy atom. The van der Waals surface area contributed by atoms with Gasteiger partial charge in [-0.3, -0.25) is 0 Å². The van der Waals surface area contributed by atoms with Gasteiger partial charge in [0.15, 0.2) is 0 Å². The maximum Gasteiger partial charge on any atom is 0.235 e. The molecule has 1 heterocycles. The van der Waals surface area contributed by atoms with Gasteiger partial charge in [0.2, 0.25) is 6.08 Å². The van der Waals surface area contributed by atoms with Crippen molar-refractivity contribution in [2.45, 2.75) is 26.2 Å². The van der Waals surface area contributed by atoms with E-state index in [2.05, 4.69) is 22.9 Å². The van der Waals surface area contributed by atoms with Crippen molar-refractivity contribution in [3.05, 3.63) is 12.2 Å². The molecule has 0 aromatic carbocycles. The summed E-state index contributed by atoms with van der Waals surface area (Å²) in [6.45, 7) is 6.34. The number of allylic oxidation sites excluding steroid dienone is 1. The average Bonchev–Trinajstić information content (AvgIpc) is 2.29. The highest BCUT2D eigenvalue weighted by atomic mass is 16.1. The van der Waals surface area contributed by atoms with Crippen LogP contribution in [-0.4, -0.2) is 37.2 Å². The number of hydrogen-bond acceptors (Lipinski definition) is 3. The van der Waals surface area contributed by atoms with Crippen LogP contribution in [0.5, 0.6) is 0 Å². The van der Waals surface area contributed by atoms with E-state index in [1.165, 1.54) is 32.0 Å². The molecule has 0 aromatic rings. The number of likely N-dealkylation sites (tertiary alicyclic amines) is 1. The Kier molecular flexibility index (Phi) is 5.98. The van der Waals surface area contributed by atoms with Crippen LogP contribution in [0.3, 0.4) is 0 Å². The molecule has 0 saturated carbocycles. The lowest BCUT2D eigenvalue weighted by molar-refractivity contribution is 0.184. The first-order valence-corrected chi connectivity index (χ1v) is 5.77. The zero-order valence-electron chi connectivity index (χ0n) is 9.48. The Bertz CT molecular complexity index is 244. The van der Waals surface area contributed by atoms with E-state index in [1.54, 1.807) is 0 Å². The highest BCUT2D eigenvalue weighted by Crippen LogP contribution is 2.19. The van der Waals surface area contributed by atoms with Gasteiger partial charge in [-0.2, -0.15) is 0 Å². The van der Waals surface area contributed by atoms with Crippen LogP contribution in [-0.2, 0) is 4.79 Å². The number of hydrogen-bond donors (Lipinski definition) is 0. The maximum atomic E-state index is 9.82. The number of piperidine rings is 1. The minimum absolute atomic E-state index is 0.480. The third kappa shape index (κ3) is 4.91. The van der Waals surface area contributed by atoms with Crippen LogP contribution in [0.25, 0.3) is 0 Å². The summed E-state index contributed by atoms with van der Waals surface area (Å²) in [7, 11) is 0. The minimum atomic E-state index is 0.480. The van der Waals surface area contributed by atoms with Crippen LogP contribution in [0.1, 0.15) is 26.2 Å². The predicted molar refractivity (Wildman–Crippen MR) is 61.6 cm³/mol. The average molecular weight is 208 g/mol. The van der Waals surface area contributed by atoms with Gasteiger partial charge in [-0.1, -0.05) is 19.1 Å². The molecular formula is C12H20N2O. The van der Waals surface area contributed by atoms with Crippen molar-refractivity contribution < 1.29 is 4.79 Å². The highest BCUT2D eigenvalue weighted by molar-refractivity contribution is 5.33. The molecule has 0 aromatic heterocycles. The van der Waals surface area contributed by atoms with Crippen LogP contribution in [0.2, 0.25) is 0 Å². The fourth-order valence-corrected chi connectivity index (χ4v) is 2.08. The summed E-state index contributed by atoms with van der Waals surface area (Å²) in [5, 5.41) is 0. The van der Waals surface area contributed by atoms with E-state index in [0.29, 0.717) is 6.54 Å². The number of isocyanates is 1. The normalized spacial score (nSPS) is 22.9. The van der Waals surface area contributed by atoms with Crippen LogP contribution in [0.15, 0.2) is 17.1 Å². The summed E-state index contributed by atoms with van der Waals surface area (Å²) in [6.07, 6.45) is 9.40. The summed E-state index contributed by atoms with van der Waals surface area (Å²) in [5.41, 5.74) is 0. The van der Waals surface area contributed by atoms with Crippen LogP contribution >= 0.6 is 0 Å². The van der Waals surface area contributed by atoms with Crippen molar-refractivity contribution in [2.24, 2.45) is 10.9 Å². The molecule has 1 aliphatic heterocycles.